The van der Waals surface area contributed by atoms with E-state index in [2.05, 4.69) is 6.92 Å². The highest BCUT2D eigenvalue weighted by molar-refractivity contribution is 5.40. The smallest absolute Gasteiger partial charge is 0.190 e. The van der Waals surface area contributed by atoms with Gasteiger partial charge in [0.25, 0.3) is 0 Å². The molecule has 82 valence electrons. The average molecular weight is 212 g/mol. The summed E-state index contributed by atoms with van der Waals surface area (Å²) in [5.41, 5.74) is 1.43. The highest BCUT2D eigenvalue weighted by atomic mass is 19.1. The lowest BCUT2D eigenvalue weighted by atomic mass is 9.84. The van der Waals surface area contributed by atoms with Gasteiger partial charge in [0.05, 0.1) is 7.11 Å². The molecule has 0 N–H and O–H groups in total. The van der Waals surface area contributed by atoms with E-state index in [1.807, 2.05) is 0 Å². The molecule has 1 nitrogen and oxygen atoms in total. The van der Waals surface area contributed by atoms with Gasteiger partial charge in [0.1, 0.15) is 0 Å². The van der Waals surface area contributed by atoms with Crippen LogP contribution in [0.1, 0.15) is 24.5 Å². The van der Waals surface area contributed by atoms with Gasteiger partial charge in [-0.1, -0.05) is 6.92 Å². The fourth-order valence-corrected chi connectivity index (χ4v) is 2.17. The van der Waals surface area contributed by atoms with Crippen molar-refractivity contribution in [2.24, 2.45) is 5.92 Å². The average Bonchev–Trinajstić information content (AvgIpc) is 2.20. The predicted octanol–water partition coefficient (Wildman–Crippen LogP) is 3.10. The van der Waals surface area contributed by atoms with E-state index < -0.39 is 11.6 Å². The van der Waals surface area contributed by atoms with Crippen LogP contribution in [-0.2, 0) is 12.8 Å². The van der Waals surface area contributed by atoms with E-state index in [-0.39, 0.29) is 5.75 Å². The summed E-state index contributed by atoms with van der Waals surface area (Å²) in [5, 5.41) is 0. The molecule has 0 radical (unpaired) electrons. The van der Waals surface area contributed by atoms with Crippen LogP contribution in [0.2, 0.25) is 0 Å². The lowest BCUT2D eigenvalue weighted by Gasteiger charge is -2.22. The van der Waals surface area contributed by atoms with Crippen LogP contribution in [0.4, 0.5) is 8.78 Å². The lowest BCUT2D eigenvalue weighted by molar-refractivity contribution is 0.352. The van der Waals surface area contributed by atoms with Gasteiger partial charge < -0.3 is 4.74 Å². The highest BCUT2D eigenvalue weighted by Gasteiger charge is 2.23. The Balaban J connectivity index is 2.54. The monoisotopic (exact) mass is 212 g/mol. The number of halogens is 2. The minimum atomic E-state index is -0.594. The summed E-state index contributed by atoms with van der Waals surface area (Å²) in [6, 6.07) is 1.41. The molecule has 0 aromatic heterocycles. The second-order valence-corrected chi connectivity index (χ2v) is 4.19. The molecule has 0 saturated carbocycles. The molecule has 3 heteroatoms. The second-order valence-electron chi connectivity index (χ2n) is 4.19. The standard InChI is InChI=1S/C12H14F2O/c1-7-3-4-8-6-10(13)12(15-2)11(14)9(8)5-7/h6-7H,3-5H2,1-2H3. The molecule has 1 aliphatic rings. The van der Waals surface area contributed by atoms with Crippen molar-refractivity contribution in [3.05, 3.63) is 28.8 Å². The van der Waals surface area contributed by atoms with E-state index in [1.165, 1.54) is 13.2 Å². The van der Waals surface area contributed by atoms with E-state index in [9.17, 15) is 8.78 Å². The van der Waals surface area contributed by atoms with Crippen molar-refractivity contribution in [1.82, 2.24) is 0 Å². The zero-order valence-electron chi connectivity index (χ0n) is 8.94. The molecule has 2 rings (SSSR count). The van der Waals surface area contributed by atoms with Crippen LogP contribution in [0.3, 0.4) is 0 Å². The van der Waals surface area contributed by atoms with Gasteiger partial charge in [0.2, 0.25) is 0 Å². The quantitative estimate of drug-likeness (QED) is 0.695. The number of benzene rings is 1. The van der Waals surface area contributed by atoms with E-state index in [1.54, 1.807) is 0 Å². The summed E-state index contributed by atoms with van der Waals surface area (Å²) in [7, 11) is 1.29. The Morgan fingerprint density at radius 3 is 2.80 bits per heavy atom. The Kier molecular flexibility index (Phi) is 2.63. The normalized spacial score (nSPS) is 19.9. The van der Waals surface area contributed by atoms with Crippen molar-refractivity contribution >= 4 is 0 Å². The SMILES string of the molecule is COc1c(F)cc2c(c1F)CC(C)CC2. The Morgan fingerprint density at radius 1 is 1.40 bits per heavy atom. The van der Waals surface area contributed by atoms with Crippen LogP contribution >= 0.6 is 0 Å². The number of hydrogen-bond acceptors (Lipinski definition) is 1. The lowest BCUT2D eigenvalue weighted by Crippen LogP contribution is -2.14. The molecule has 1 aromatic rings. The molecule has 0 spiro atoms. The Hall–Kier alpha value is -1.12. The molecule has 1 aliphatic carbocycles. The maximum Gasteiger partial charge on any atom is 0.190 e. The first-order chi connectivity index (χ1) is 7.13. The predicted molar refractivity (Wildman–Crippen MR) is 54.1 cm³/mol. The number of methoxy groups -OCH3 is 1. The van der Waals surface area contributed by atoms with Crippen molar-refractivity contribution in [2.75, 3.05) is 7.11 Å². The third-order valence-corrected chi connectivity index (χ3v) is 3.03. The summed E-state index contributed by atoms with van der Waals surface area (Å²) in [5.74, 6) is -0.896. The van der Waals surface area contributed by atoms with Crippen LogP contribution in [-0.4, -0.2) is 7.11 Å². The number of hydrogen-bond donors (Lipinski definition) is 0. The van der Waals surface area contributed by atoms with Crippen molar-refractivity contribution in [2.45, 2.75) is 26.2 Å². The minimum absolute atomic E-state index is 0.247. The van der Waals surface area contributed by atoms with Gasteiger partial charge in [-0.3, -0.25) is 0 Å². The van der Waals surface area contributed by atoms with Gasteiger partial charge in [-0.2, -0.15) is 0 Å². The highest BCUT2D eigenvalue weighted by Crippen LogP contribution is 2.33. The fraction of sp³-hybridized carbons (Fsp3) is 0.500. The van der Waals surface area contributed by atoms with Crippen molar-refractivity contribution in [3.8, 4) is 5.75 Å². The van der Waals surface area contributed by atoms with Crippen molar-refractivity contribution < 1.29 is 13.5 Å². The van der Waals surface area contributed by atoms with E-state index in [0.717, 1.165) is 18.4 Å². The van der Waals surface area contributed by atoms with Gasteiger partial charge >= 0.3 is 0 Å². The first-order valence-corrected chi connectivity index (χ1v) is 5.17. The van der Waals surface area contributed by atoms with Gasteiger partial charge in [-0.05, 0) is 42.4 Å². The summed E-state index contributed by atoms with van der Waals surface area (Å²) in [6.07, 6.45) is 2.43. The van der Waals surface area contributed by atoms with E-state index >= 15 is 0 Å². The third kappa shape index (κ3) is 1.71. The zero-order valence-corrected chi connectivity index (χ0v) is 8.94. The number of aryl methyl sites for hydroxylation is 1. The summed E-state index contributed by atoms with van der Waals surface area (Å²) in [4.78, 5) is 0. The first-order valence-electron chi connectivity index (χ1n) is 5.17. The largest absolute Gasteiger partial charge is 0.491 e. The van der Waals surface area contributed by atoms with E-state index in [4.69, 9.17) is 4.74 Å². The maximum atomic E-state index is 13.8. The molecule has 0 amide bonds. The van der Waals surface area contributed by atoms with Crippen LogP contribution in [0.25, 0.3) is 0 Å². The Morgan fingerprint density at radius 2 is 2.13 bits per heavy atom. The molecule has 1 unspecified atom stereocenters. The Bertz CT molecular complexity index is 388. The first kappa shape index (κ1) is 10.4. The molecule has 1 aromatic carbocycles. The third-order valence-electron chi connectivity index (χ3n) is 3.03. The fourth-order valence-electron chi connectivity index (χ4n) is 2.17. The van der Waals surface area contributed by atoms with Crippen LogP contribution < -0.4 is 4.74 Å². The molecule has 0 saturated heterocycles. The van der Waals surface area contributed by atoms with Gasteiger partial charge in [0, 0.05) is 0 Å². The molecule has 0 fully saturated rings. The van der Waals surface area contributed by atoms with Crippen molar-refractivity contribution in [3.63, 3.8) is 0 Å². The van der Waals surface area contributed by atoms with Crippen molar-refractivity contribution in [1.29, 1.82) is 0 Å². The van der Waals surface area contributed by atoms with Gasteiger partial charge in [-0.25, -0.2) is 8.78 Å². The molecule has 15 heavy (non-hydrogen) atoms. The maximum absolute atomic E-state index is 13.8. The van der Waals surface area contributed by atoms with Crippen LogP contribution in [0, 0.1) is 17.6 Å². The summed E-state index contributed by atoms with van der Waals surface area (Å²) < 4.78 is 31.9. The Labute approximate surface area is 88.1 Å². The van der Waals surface area contributed by atoms with Gasteiger partial charge in [-0.15, -0.1) is 0 Å². The minimum Gasteiger partial charge on any atom is -0.491 e. The number of fused-ring (bicyclic) bond motifs is 1. The molecular formula is C12H14F2O. The zero-order chi connectivity index (χ0) is 11.0. The molecule has 0 bridgehead atoms. The summed E-state index contributed by atoms with van der Waals surface area (Å²) >= 11 is 0. The molecule has 0 heterocycles. The van der Waals surface area contributed by atoms with E-state index in [0.29, 0.717) is 17.9 Å². The number of ether oxygens (including phenoxy) is 1. The molecular weight excluding hydrogens is 198 g/mol. The second kappa shape index (κ2) is 3.80. The molecule has 1 atom stereocenters. The van der Waals surface area contributed by atoms with Gasteiger partial charge in [0.15, 0.2) is 17.4 Å². The molecule has 0 aliphatic heterocycles. The topological polar surface area (TPSA) is 9.23 Å². The van der Waals surface area contributed by atoms with Crippen LogP contribution in [0.15, 0.2) is 6.07 Å². The summed E-state index contributed by atoms with van der Waals surface area (Å²) in [6.45, 7) is 2.08. The number of rotatable bonds is 1. The van der Waals surface area contributed by atoms with Crippen LogP contribution in [0.5, 0.6) is 5.75 Å².